The first-order valence-corrected chi connectivity index (χ1v) is 9.84. The number of hydrogen-bond donors (Lipinski definition) is 1. The van der Waals surface area contributed by atoms with Gasteiger partial charge in [-0.3, -0.25) is 14.9 Å². The van der Waals surface area contributed by atoms with Crippen LogP contribution in [0.5, 0.6) is 23.0 Å². The van der Waals surface area contributed by atoms with Crippen LogP contribution in [0.2, 0.25) is 0 Å². The summed E-state index contributed by atoms with van der Waals surface area (Å²) in [5, 5.41) is 14.5. The van der Waals surface area contributed by atoms with Crippen LogP contribution in [0.3, 0.4) is 0 Å². The van der Waals surface area contributed by atoms with Crippen molar-refractivity contribution in [2.45, 2.75) is 6.92 Å². The Kier molecular flexibility index (Phi) is 6.17. The normalized spacial score (nSPS) is 10.6. The summed E-state index contributed by atoms with van der Waals surface area (Å²) in [6.45, 7) is 1.28. The van der Waals surface area contributed by atoms with Crippen molar-refractivity contribution in [2.24, 2.45) is 0 Å². The number of methoxy groups -OCH3 is 1. The van der Waals surface area contributed by atoms with Crippen LogP contribution < -0.4 is 19.5 Å². The Labute approximate surface area is 192 Å². The number of nitro benzene ring substituents is 1. The molecule has 34 heavy (non-hydrogen) atoms. The first-order chi connectivity index (χ1) is 16.3. The summed E-state index contributed by atoms with van der Waals surface area (Å²) in [6.07, 6.45) is 1.25. The Bertz CT molecular complexity index is 1410. The van der Waals surface area contributed by atoms with Crippen molar-refractivity contribution in [1.82, 2.24) is 9.97 Å². The molecule has 0 aliphatic rings. The number of hydrogen-bond acceptors (Lipinski definition) is 9. The first-order valence-electron chi connectivity index (χ1n) is 9.84. The molecule has 1 aromatic heterocycles. The minimum absolute atomic E-state index is 0.0487. The van der Waals surface area contributed by atoms with E-state index in [-0.39, 0.29) is 28.7 Å². The maximum atomic E-state index is 14.8. The molecule has 1 heterocycles. The quantitative estimate of drug-likeness (QED) is 0.171. The zero-order valence-electron chi connectivity index (χ0n) is 17.9. The molecule has 3 aromatic carbocycles. The predicted octanol–water partition coefficient (Wildman–Crippen LogP) is 5.15. The van der Waals surface area contributed by atoms with E-state index in [0.29, 0.717) is 22.4 Å². The van der Waals surface area contributed by atoms with E-state index in [9.17, 15) is 19.3 Å². The van der Waals surface area contributed by atoms with Crippen LogP contribution in [0.4, 0.5) is 21.6 Å². The Balaban J connectivity index is 1.60. The standard InChI is InChI=1S/C23H17FN4O6/c1-13(29)33-14-4-3-5-15(8-14)34-16-6-7-19(18(24)9-16)27-23-17-10-21(28(30)31)22(32-2)11-20(17)25-12-26-23/h3-12H,1-2H3,(H,25,26,27). The molecular formula is C23H17FN4O6. The molecule has 0 amide bonds. The van der Waals surface area contributed by atoms with E-state index >= 15 is 0 Å². The highest BCUT2D eigenvalue weighted by molar-refractivity contribution is 5.93. The van der Waals surface area contributed by atoms with E-state index in [1.165, 1.54) is 50.7 Å². The number of nitrogens with one attached hydrogen (secondary N) is 1. The molecule has 0 unspecified atom stereocenters. The summed E-state index contributed by atoms with van der Waals surface area (Å²) in [7, 11) is 1.32. The molecule has 0 saturated carbocycles. The molecule has 0 bridgehead atoms. The Hall–Kier alpha value is -4.80. The van der Waals surface area contributed by atoms with Gasteiger partial charge < -0.3 is 19.5 Å². The molecular weight excluding hydrogens is 447 g/mol. The van der Waals surface area contributed by atoms with E-state index in [1.807, 2.05) is 0 Å². The fourth-order valence-corrected chi connectivity index (χ4v) is 3.17. The van der Waals surface area contributed by atoms with Gasteiger partial charge in [-0.25, -0.2) is 14.4 Å². The highest BCUT2D eigenvalue weighted by atomic mass is 19.1. The lowest BCUT2D eigenvalue weighted by Gasteiger charge is -2.12. The topological polar surface area (TPSA) is 126 Å². The van der Waals surface area contributed by atoms with Gasteiger partial charge in [0.05, 0.1) is 28.6 Å². The van der Waals surface area contributed by atoms with Gasteiger partial charge in [0.25, 0.3) is 0 Å². The molecule has 11 heteroatoms. The van der Waals surface area contributed by atoms with Gasteiger partial charge in [0, 0.05) is 31.2 Å². The number of nitro groups is 1. The van der Waals surface area contributed by atoms with Crippen LogP contribution in [0, 0.1) is 15.9 Å². The van der Waals surface area contributed by atoms with Crippen LogP contribution in [0.15, 0.2) is 60.9 Å². The van der Waals surface area contributed by atoms with Crippen molar-refractivity contribution in [3.8, 4) is 23.0 Å². The van der Waals surface area contributed by atoms with Gasteiger partial charge in [-0.1, -0.05) is 6.07 Å². The molecule has 0 fully saturated rings. The molecule has 4 aromatic rings. The summed E-state index contributed by atoms with van der Waals surface area (Å²) < 4.78 is 30.6. The molecule has 0 saturated heterocycles. The van der Waals surface area contributed by atoms with Crippen molar-refractivity contribution in [1.29, 1.82) is 0 Å². The van der Waals surface area contributed by atoms with E-state index in [0.717, 1.165) is 6.07 Å². The van der Waals surface area contributed by atoms with Gasteiger partial charge in [-0.2, -0.15) is 0 Å². The molecule has 4 rings (SSSR count). The second-order valence-corrected chi connectivity index (χ2v) is 6.96. The molecule has 0 atom stereocenters. The van der Waals surface area contributed by atoms with E-state index < -0.39 is 16.7 Å². The van der Waals surface area contributed by atoms with Gasteiger partial charge in [-0.05, 0) is 24.3 Å². The highest BCUT2D eigenvalue weighted by Crippen LogP contribution is 2.35. The van der Waals surface area contributed by atoms with Gasteiger partial charge >= 0.3 is 11.7 Å². The number of aromatic nitrogens is 2. The molecule has 0 radical (unpaired) electrons. The van der Waals surface area contributed by atoms with E-state index in [4.69, 9.17) is 14.2 Å². The monoisotopic (exact) mass is 464 g/mol. The van der Waals surface area contributed by atoms with Crippen LogP contribution in [-0.4, -0.2) is 28.0 Å². The SMILES string of the molecule is COc1cc2ncnc(Nc3ccc(Oc4cccc(OC(C)=O)c4)cc3F)c2cc1[N+](=O)[O-]. The number of esters is 1. The summed E-state index contributed by atoms with van der Waals surface area (Å²) in [6, 6.07) is 13.2. The number of halogens is 1. The van der Waals surface area contributed by atoms with Crippen LogP contribution >= 0.6 is 0 Å². The number of benzene rings is 3. The predicted molar refractivity (Wildman–Crippen MR) is 120 cm³/mol. The van der Waals surface area contributed by atoms with Crippen molar-refractivity contribution in [3.63, 3.8) is 0 Å². The van der Waals surface area contributed by atoms with Crippen molar-refractivity contribution >= 4 is 34.1 Å². The molecule has 0 aliphatic carbocycles. The second kappa shape index (κ2) is 9.36. The Morgan fingerprint density at radius 3 is 2.53 bits per heavy atom. The summed E-state index contributed by atoms with van der Waals surface area (Å²) in [4.78, 5) is 30.1. The Morgan fingerprint density at radius 2 is 1.82 bits per heavy atom. The zero-order chi connectivity index (χ0) is 24.2. The summed E-state index contributed by atoms with van der Waals surface area (Å²) in [5.74, 6) is -0.0453. The van der Waals surface area contributed by atoms with Crippen LogP contribution in [0.1, 0.15) is 6.92 Å². The number of ether oxygens (including phenoxy) is 3. The molecule has 1 N–H and O–H groups in total. The molecule has 172 valence electrons. The third kappa shape index (κ3) is 4.83. The number of anilines is 2. The van der Waals surface area contributed by atoms with Gasteiger partial charge in [0.2, 0.25) is 0 Å². The average Bonchev–Trinajstić information content (AvgIpc) is 2.80. The maximum Gasteiger partial charge on any atom is 0.311 e. The van der Waals surface area contributed by atoms with Crippen molar-refractivity contribution < 1.29 is 28.3 Å². The lowest BCUT2D eigenvalue weighted by Crippen LogP contribution is -2.01. The van der Waals surface area contributed by atoms with Gasteiger partial charge in [0.15, 0.2) is 5.75 Å². The van der Waals surface area contributed by atoms with E-state index in [1.54, 1.807) is 18.2 Å². The second-order valence-electron chi connectivity index (χ2n) is 6.96. The van der Waals surface area contributed by atoms with Crippen LogP contribution in [0.25, 0.3) is 10.9 Å². The minimum atomic E-state index is -0.650. The van der Waals surface area contributed by atoms with Crippen molar-refractivity contribution in [2.75, 3.05) is 12.4 Å². The fourth-order valence-electron chi connectivity index (χ4n) is 3.17. The molecule has 0 spiro atoms. The lowest BCUT2D eigenvalue weighted by molar-refractivity contribution is -0.385. The summed E-state index contributed by atoms with van der Waals surface area (Å²) in [5.41, 5.74) is 0.181. The van der Waals surface area contributed by atoms with E-state index in [2.05, 4.69) is 15.3 Å². The number of carbonyl (C=O) groups excluding carboxylic acids is 1. The Morgan fingerprint density at radius 1 is 1.06 bits per heavy atom. The van der Waals surface area contributed by atoms with Crippen molar-refractivity contribution in [3.05, 3.63) is 76.9 Å². The third-order valence-electron chi connectivity index (χ3n) is 4.63. The average molecular weight is 464 g/mol. The van der Waals surface area contributed by atoms with Crippen LogP contribution in [-0.2, 0) is 4.79 Å². The number of nitrogens with zero attached hydrogens (tertiary/aromatic N) is 3. The number of carbonyl (C=O) groups is 1. The first kappa shape index (κ1) is 22.4. The lowest BCUT2D eigenvalue weighted by atomic mass is 10.2. The summed E-state index contributed by atoms with van der Waals surface area (Å²) >= 11 is 0. The molecule has 0 aliphatic heterocycles. The molecule has 10 nitrogen and oxygen atoms in total. The number of fused-ring (bicyclic) bond motifs is 1. The smallest absolute Gasteiger partial charge is 0.311 e. The zero-order valence-corrected chi connectivity index (χ0v) is 17.9. The minimum Gasteiger partial charge on any atom is -0.490 e. The number of rotatable bonds is 7. The fraction of sp³-hybridized carbons (Fsp3) is 0.0870. The maximum absolute atomic E-state index is 14.8. The van der Waals surface area contributed by atoms with Gasteiger partial charge in [-0.15, -0.1) is 0 Å². The largest absolute Gasteiger partial charge is 0.490 e. The van der Waals surface area contributed by atoms with Gasteiger partial charge in [0.1, 0.15) is 35.2 Å². The highest BCUT2D eigenvalue weighted by Gasteiger charge is 2.19. The third-order valence-corrected chi connectivity index (χ3v) is 4.63.